The molecule has 0 radical (unpaired) electrons. The number of methoxy groups -OCH3 is 1. The molecule has 2 aliphatic rings. The summed E-state index contributed by atoms with van der Waals surface area (Å²) in [7, 11) is 1.55. The number of anilines is 2. The highest BCUT2D eigenvalue weighted by atomic mass is 16.5. The molecule has 2 N–H and O–H groups in total. The molecule has 26 heavy (non-hydrogen) atoms. The van der Waals surface area contributed by atoms with Crippen molar-refractivity contribution in [2.45, 2.75) is 38.5 Å². The molecule has 1 aliphatic carbocycles. The van der Waals surface area contributed by atoms with Gasteiger partial charge in [-0.3, -0.25) is 14.4 Å². The monoisotopic (exact) mass is 359 g/mol. The third-order valence-electron chi connectivity index (χ3n) is 4.66. The Morgan fingerprint density at radius 2 is 2.12 bits per heavy atom. The topological polar surface area (TPSA) is 87.7 Å². The van der Waals surface area contributed by atoms with Crippen molar-refractivity contribution in [2.75, 3.05) is 30.4 Å². The van der Waals surface area contributed by atoms with Crippen LogP contribution in [0.3, 0.4) is 0 Å². The fraction of sp³-hybridized carbons (Fsp3) is 0.526. The molecule has 7 heteroatoms. The Kier molecular flexibility index (Phi) is 5.75. The zero-order valence-corrected chi connectivity index (χ0v) is 15.0. The van der Waals surface area contributed by atoms with Crippen LogP contribution in [0, 0.1) is 5.92 Å². The van der Waals surface area contributed by atoms with Crippen LogP contribution in [0.1, 0.15) is 38.5 Å². The summed E-state index contributed by atoms with van der Waals surface area (Å²) in [4.78, 5) is 37.2. The normalized spacial score (nSPS) is 16.5. The molecule has 1 saturated heterocycles. The molecule has 0 aromatic heterocycles. The zero-order valence-electron chi connectivity index (χ0n) is 15.0. The van der Waals surface area contributed by atoms with Gasteiger partial charge in [-0.25, -0.2) is 0 Å². The lowest BCUT2D eigenvalue weighted by Crippen LogP contribution is -2.26. The second-order valence-electron chi connectivity index (χ2n) is 6.75. The van der Waals surface area contributed by atoms with Crippen molar-refractivity contribution in [3.05, 3.63) is 18.2 Å². The summed E-state index contributed by atoms with van der Waals surface area (Å²) >= 11 is 0. The largest absolute Gasteiger partial charge is 0.494 e. The number of nitrogens with zero attached hydrogens (tertiary/aromatic N) is 1. The first-order valence-corrected chi connectivity index (χ1v) is 9.14. The van der Waals surface area contributed by atoms with Gasteiger partial charge in [-0.1, -0.05) is 0 Å². The van der Waals surface area contributed by atoms with Gasteiger partial charge < -0.3 is 20.3 Å². The van der Waals surface area contributed by atoms with Gasteiger partial charge in [0.25, 0.3) is 0 Å². The molecule has 0 atom stereocenters. The van der Waals surface area contributed by atoms with Gasteiger partial charge in [0.1, 0.15) is 5.75 Å². The second-order valence-corrected chi connectivity index (χ2v) is 6.75. The lowest BCUT2D eigenvalue weighted by molar-refractivity contribution is -0.122. The number of hydrogen-bond acceptors (Lipinski definition) is 4. The average Bonchev–Trinajstić information content (AvgIpc) is 3.40. The van der Waals surface area contributed by atoms with E-state index in [1.54, 1.807) is 30.2 Å². The molecule has 0 spiro atoms. The molecule has 3 rings (SSSR count). The number of carbonyl (C=O) groups excluding carboxylic acids is 3. The van der Waals surface area contributed by atoms with Crippen LogP contribution >= 0.6 is 0 Å². The second kappa shape index (κ2) is 8.21. The smallest absolute Gasteiger partial charge is 0.227 e. The van der Waals surface area contributed by atoms with Crippen molar-refractivity contribution in [3.63, 3.8) is 0 Å². The summed E-state index contributed by atoms with van der Waals surface area (Å²) in [6.45, 7) is 1.20. The predicted molar refractivity (Wildman–Crippen MR) is 98.2 cm³/mol. The van der Waals surface area contributed by atoms with E-state index in [-0.39, 0.29) is 23.6 Å². The predicted octanol–water partition coefficient (Wildman–Crippen LogP) is 2.07. The van der Waals surface area contributed by atoms with E-state index in [0.717, 1.165) is 24.9 Å². The number of hydrogen-bond donors (Lipinski definition) is 2. The maximum Gasteiger partial charge on any atom is 0.227 e. The Morgan fingerprint density at radius 3 is 2.77 bits per heavy atom. The van der Waals surface area contributed by atoms with Crippen LogP contribution in [0.15, 0.2) is 18.2 Å². The van der Waals surface area contributed by atoms with Crippen molar-refractivity contribution < 1.29 is 19.1 Å². The molecule has 1 saturated carbocycles. The summed E-state index contributed by atoms with van der Waals surface area (Å²) in [5.74, 6) is 0.834. The van der Waals surface area contributed by atoms with Gasteiger partial charge in [0.2, 0.25) is 17.7 Å². The van der Waals surface area contributed by atoms with Gasteiger partial charge in [-0.2, -0.15) is 0 Å². The van der Waals surface area contributed by atoms with E-state index < -0.39 is 0 Å². The highest BCUT2D eigenvalue weighted by Crippen LogP contribution is 2.34. The Balaban J connectivity index is 1.49. The van der Waals surface area contributed by atoms with Gasteiger partial charge >= 0.3 is 0 Å². The summed E-state index contributed by atoms with van der Waals surface area (Å²) < 4.78 is 5.39. The molecule has 3 amide bonds. The SMILES string of the molecule is COc1cc(NC(=O)CCCNC(=O)C2CC2)ccc1N1CCCC1=O. The lowest BCUT2D eigenvalue weighted by Gasteiger charge is -2.19. The van der Waals surface area contributed by atoms with Crippen molar-refractivity contribution in [2.24, 2.45) is 5.92 Å². The van der Waals surface area contributed by atoms with E-state index in [1.807, 2.05) is 0 Å². The van der Waals surface area contributed by atoms with E-state index in [4.69, 9.17) is 4.74 Å². The minimum absolute atomic E-state index is 0.0910. The third-order valence-corrected chi connectivity index (χ3v) is 4.66. The van der Waals surface area contributed by atoms with Crippen molar-refractivity contribution in [1.82, 2.24) is 5.32 Å². The van der Waals surface area contributed by atoms with Gasteiger partial charge in [0.15, 0.2) is 0 Å². The standard InChI is InChI=1S/C19H25N3O4/c1-26-16-12-14(8-9-15(16)22-11-3-5-18(22)24)21-17(23)4-2-10-20-19(25)13-6-7-13/h8-9,12-13H,2-7,10-11H2,1H3,(H,20,25)(H,21,23). The Morgan fingerprint density at radius 1 is 1.31 bits per heavy atom. The highest BCUT2D eigenvalue weighted by molar-refractivity contribution is 5.98. The molecule has 1 aliphatic heterocycles. The Labute approximate surface area is 153 Å². The first kappa shape index (κ1) is 18.2. The van der Waals surface area contributed by atoms with Crippen LogP contribution in [0.2, 0.25) is 0 Å². The van der Waals surface area contributed by atoms with E-state index in [0.29, 0.717) is 43.8 Å². The maximum atomic E-state index is 12.1. The van der Waals surface area contributed by atoms with Crippen LogP contribution in [0.4, 0.5) is 11.4 Å². The van der Waals surface area contributed by atoms with Gasteiger partial charge in [0.05, 0.1) is 12.8 Å². The summed E-state index contributed by atoms with van der Waals surface area (Å²) in [5.41, 5.74) is 1.36. The zero-order chi connectivity index (χ0) is 18.5. The van der Waals surface area contributed by atoms with E-state index in [2.05, 4.69) is 10.6 Å². The average molecular weight is 359 g/mol. The third kappa shape index (κ3) is 4.53. The fourth-order valence-electron chi connectivity index (χ4n) is 3.06. The summed E-state index contributed by atoms with van der Waals surface area (Å²) in [6, 6.07) is 5.30. The van der Waals surface area contributed by atoms with Gasteiger partial charge in [0, 0.05) is 43.6 Å². The van der Waals surface area contributed by atoms with Gasteiger partial charge in [-0.05, 0) is 37.8 Å². The molecule has 7 nitrogen and oxygen atoms in total. The number of nitrogens with one attached hydrogen (secondary N) is 2. The van der Waals surface area contributed by atoms with Crippen molar-refractivity contribution in [3.8, 4) is 5.75 Å². The first-order valence-electron chi connectivity index (χ1n) is 9.14. The van der Waals surface area contributed by atoms with E-state index >= 15 is 0 Å². The maximum absolute atomic E-state index is 12.1. The van der Waals surface area contributed by atoms with Crippen LogP contribution < -0.4 is 20.3 Å². The number of amides is 3. The number of carbonyl (C=O) groups is 3. The molecule has 1 aromatic rings. The molecule has 2 fully saturated rings. The molecule has 0 bridgehead atoms. The van der Waals surface area contributed by atoms with Gasteiger partial charge in [-0.15, -0.1) is 0 Å². The molecular formula is C19H25N3O4. The van der Waals surface area contributed by atoms with E-state index in [1.165, 1.54) is 0 Å². The lowest BCUT2D eigenvalue weighted by atomic mass is 10.2. The first-order chi connectivity index (χ1) is 12.6. The minimum atomic E-state index is -0.113. The number of benzene rings is 1. The molecule has 1 aromatic carbocycles. The molecular weight excluding hydrogens is 334 g/mol. The highest BCUT2D eigenvalue weighted by Gasteiger charge is 2.29. The molecule has 0 unspecified atom stereocenters. The van der Waals surface area contributed by atoms with Crippen LogP contribution in [0.5, 0.6) is 5.75 Å². The van der Waals surface area contributed by atoms with Crippen LogP contribution in [0.25, 0.3) is 0 Å². The number of rotatable bonds is 8. The van der Waals surface area contributed by atoms with Crippen molar-refractivity contribution >= 4 is 29.1 Å². The number of ether oxygens (including phenoxy) is 1. The van der Waals surface area contributed by atoms with Crippen LogP contribution in [-0.4, -0.2) is 37.9 Å². The quantitative estimate of drug-likeness (QED) is 0.696. The Hall–Kier alpha value is -2.57. The molecule has 1 heterocycles. The van der Waals surface area contributed by atoms with E-state index in [9.17, 15) is 14.4 Å². The van der Waals surface area contributed by atoms with Crippen LogP contribution in [-0.2, 0) is 14.4 Å². The fourth-order valence-corrected chi connectivity index (χ4v) is 3.06. The minimum Gasteiger partial charge on any atom is -0.494 e. The van der Waals surface area contributed by atoms with Crippen molar-refractivity contribution in [1.29, 1.82) is 0 Å². The Bertz CT molecular complexity index is 700. The summed E-state index contributed by atoms with van der Waals surface area (Å²) in [6.07, 6.45) is 4.29. The summed E-state index contributed by atoms with van der Waals surface area (Å²) in [5, 5.41) is 5.68. The molecule has 140 valence electrons.